The number of nitrogens with one attached hydrogen (secondary N) is 1. The van der Waals surface area contributed by atoms with E-state index in [1.54, 1.807) is 0 Å². The normalized spacial score (nSPS) is 11.8. The summed E-state index contributed by atoms with van der Waals surface area (Å²) in [7, 11) is 1.21. The van der Waals surface area contributed by atoms with E-state index in [0.29, 0.717) is 12.0 Å². The van der Waals surface area contributed by atoms with Gasteiger partial charge in [-0.25, -0.2) is 14.0 Å². The minimum absolute atomic E-state index is 0.0971. The molecule has 1 heterocycles. The number of hydrogen-bond acceptors (Lipinski definition) is 8. The predicted octanol–water partition coefficient (Wildman–Crippen LogP) is 0.889. The molecular weight excluding hydrogens is 401 g/mol. The second-order valence-electron chi connectivity index (χ2n) is 6.77. The highest BCUT2D eigenvalue weighted by Gasteiger charge is 2.23. The lowest BCUT2D eigenvalue weighted by molar-refractivity contribution is -0.151. The predicted molar refractivity (Wildman–Crippen MR) is 101 cm³/mol. The van der Waals surface area contributed by atoms with E-state index in [4.69, 9.17) is 9.15 Å². The summed E-state index contributed by atoms with van der Waals surface area (Å²) in [5.74, 6) is -3.58. The lowest BCUT2D eigenvalue weighted by atomic mass is 10.0. The number of hydrogen-bond donors (Lipinski definition) is 1. The third-order valence-corrected chi connectivity index (χ3v) is 3.87. The van der Waals surface area contributed by atoms with Crippen LogP contribution in [0, 0.1) is 11.7 Å². The van der Waals surface area contributed by atoms with E-state index in [-0.39, 0.29) is 11.8 Å². The molecule has 2 aromatic rings. The Morgan fingerprint density at radius 2 is 1.90 bits per heavy atom. The fourth-order valence-electron chi connectivity index (χ4n) is 2.49. The molecule has 1 atom stereocenters. The number of aromatic nitrogens is 2. The van der Waals surface area contributed by atoms with Gasteiger partial charge in [0.15, 0.2) is 6.61 Å². The fourth-order valence-corrected chi connectivity index (χ4v) is 2.49. The van der Waals surface area contributed by atoms with Crippen LogP contribution in [0.3, 0.4) is 0 Å². The zero-order chi connectivity index (χ0) is 22.3. The van der Waals surface area contributed by atoms with Crippen LogP contribution in [-0.4, -0.2) is 47.4 Å². The smallest absolute Gasteiger partial charge is 0.437 e. The van der Waals surface area contributed by atoms with Gasteiger partial charge in [-0.05, 0) is 36.6 Å². The molecule has 1 amide bonds. The van der Waals surface area contributed by atoms with Gasteiger partial charge in [-0.15, -0.1) is 5.10 Å². The quantitative estimate of drug-likeness (QED) is 0.589. The number of amides is 1. The third-order valence-electron chi connectivity index (χ3n) is 3.87. The first-order chi connectivity index (χ1) is 14.2. The van der Waals surface area contributed by atoms with Crippen molar-refractivity contribution in [3.63, 3.8) is 0 Å². The van der Waals surface area contributed by atoms with E-state index in [1.807, 2.05) is 13.8 Å². The summed E-state index contributed by atoms with van der Waals surface area (Å²) < 4.78 is 28.1. The van der Waals surface area contributed by atoms with Gasteiger partial charge in [-0.3, -0.25) is 9.59 Å². The number of ether oxygens (including phenoxy) is 2. The number of nitrogens with zero attached hydrogens (tertiary/aromatic N) is 2. The van der Waals surface area contributed by atoms with Crippen LogP contribution in [0.2, 0.25) is 0 Å². The van der Waals surface area contributed by atoms with Crippen molar-refractivity contribution in [2.24, 2.45) is 5.92 Å². The molecule has 0 bridgehead atoms. The van der Waals surface area contributed by atoms with Crippen LogP contribution < -0.4 is 11.1 Å². The van der Waals surface area contributed by atoms with Gasteiger partial charge in [0.05, 0.1) is 7.11 Å². The van der Waals surface area contributed by atoms with Gasteiger partial charge in [0.1, 0.15) is 18.4 Å². The largest absolute Gasteiger partial charge is 0.467 e. The van der Waals surface area contributed by atoms with Gasteiger partial charge in [0.2, 0.25) is 5.89 Å². The molecule has 0 fully saturated rings. The topological polar surface area (TPSA) is 130 Å². The van der Waals surface area contributed by atoms with Gasteiger partial charge in [0, 0.05) is 5.56 Å². The Kier molecular flexibility index (Phi) is 7.84. The number of benzene rings is 1. The first-order valence-corrected chi connectivity index (χ1v) is 9.06. The molecule has 1 N–H and O–H groups in total. The molecule has 10 nitrogen and oxygen atoms in total. The minimum atomic E-state index is -0.918. The highest BCUT2D eigenvalue weighted by molar-refractivity contribution is 5.86. The van der Waals surface area contributed by atoms with Crippen LogP contribution in [0.15, 0.2) is 33.5 Å². The fraction of sp³-hybridized carbons (Fsp3) is 0.421. The van der Waals surface area contributed by atoms with E-state index in [1.165, 1.54) is 31.4 Å². The van der Waals surface area contributed by atoms with Crippen molar-refractivity contribution in [2.45, 2.75) is 32.9 Å². The molecule has 1 aromatic heterocycles. The molecule has 162 valence electrons. The van der Waals surface area contributed by atoms with Gasteiger partial charge >= 0.3 is 17.7 Å². The Labute approximate surface area is 171 Å². The number of carbonyl (C=O) groups is 3. The maximum Gasteiger partial charge on any atom is 0.437 e. The number of halogens is 1. The molecule has 1 unspecified atom stereocenters. The van der Waals surface area contributed by atoms with Crippen LogP contribution in [-0.2, 0) is 30.4 Å². The van der Waals surface area contributed by atoms with Gasteiger partial charge in [-0.1, -0.05) is 13.8 Å². The molecule has 1 aromatic carbocycles. The summed E-state index contributed by atoms with van der Waals surface area (Å²) in [5, 5.41) is 6.28. The first kappa shape index (κ1) is 22.8. The van der Waals surface area contributed by atoms with Crippen molar-refractivity contribution in [1.82, 2.24) is 15.1 Å². The van der Waals surface area contributed by atoms with Crippen molar-refractivity contribution < 1.29 is 32.7 Å². The van der Waals surface area contributed by atoms with Gasteiger partial charge < -0.3 is 19.2 Å². The Balaban J connectivity index is 1.91. The highest BCUT2D eigenvalue weighted by atomic mass is 19.1. The number of carbonyl (C=O) groups excluding carboxylic acids is 3. The molecular formula is C19H22FN3O7. The number of rotatable bonds is 9. The average molecular weight is 423 g/mol. The first-order valence-electron chi connectivity index (χ1n) is 9.06. The molecule has 0 spiro atoms. The zero-order valence-corrected chi connectivity index (χ0v) is 16.7. The van der Waals surface area contributed by atoms with Crippen molar-refractivity contribution in [2.75, 3.05) is 13.7 Å². The monoisotopic (exact) mass is 423 g/mol. The minimum Gasteiger partial charge on any atom is -0.467 e. The molecule has 2 rings (SSSR count). The summed E-state index contributed by atoms with van der Waals surface area (Å²) in [6, 6.07) is 4.20. The average Bonchev–Trinajstić information content (AvgIpc) is 3.05. The van der Waals surface area contributed by atoms with Crippen molar-refractivity contribution in [3.05, 3.63) is 40.6 Å². The summed E-state index contributed by atoms with van der Waals surface area (Å²) in [5.41, 5.74) is 0.346. The second-order valence-corrected chi connectivity index (χ2v) is 6.77. The van der Waals surface area contributed by atoms with E-state index < -0.39 is 48.6 Å². The van der Waals surface area contributed by atoms with Crippen LogP contribution in [0.1, 0.15) is 20.3 Å². The summed E-state index contributed by atoms with van der Waals surface area (Å²) in [4.78, 5) is 47.4. The summed E-state index contributed by atoms with van der Waals surface area (Å²) in [6.45, 7) is 2.50. The van der Waals surface area contributed by atoms with Crippen molar-refractivity contribution in [3.8, 4) is 11.5 Å². The van der Waals surface area contributed by atoms with E-state index in [2.05, 4.69) is 15.2 Å². The second kappa shape index (κ2) is 10.3. The molecule has 30 heavy (non-hydrogen) atoms. The molecule has 0 aliphatic heterocycles. The molecule has 0 aliphatic carbocycles. The zero-order valence-electron chi connectivity index (χ0n) is 16.7. The van der Waals surface area contributed by atoms with E-state index in [0.717, 1.165) is 4.68 Å². The third kappa shape index (κ3) is 6.54. The molecule has 0 radical (unpaired) electrons. The Morgan fingerprint density at radius 3 is 2.50 bits per heavy atom. The summed E-state index contributed by atoms with van der Waals surface area (Å²) >= 11 is 0. The Hall–Kier alpha value is -3.50. The van der Waals surface area contributed by atoms with E-state index in [9.17, 15) is 23.6 Å². The maximum atomic E-state index is 13.0. The Bertz CT molecular complexity index is 950. The standard InChI is InChI=1S/C19H22FN3O7/c1-11(2)8-14(18(26)28-3)21-15(24)10-29-16(25)9-23-19(27)30-17(22-23)12-4-6-13(20)7-5-12/h4-7,11,14H,8-10H2,1-3H3,(H,21,24). The van der Waals surface area contributed by atoms with Crippen LogP contribution in [0.5, 0.6) is 0 Å². The van der Waals surface area contributed by atoms with Gasteiger partial charge in [-0.2, -0.15) is 4.68 Å². The lowest BCUT2D eigenvalue weighted by Gasteiger charge is -2.18. The van der Waals surface area contributed by atoms with Crippen molar-refractivity contribution >= 4 is 17.8 Å². The van der Waals surface area contributed by atoms with Crippen LogP contribution >= 0.6 is 0 Å². The van der Waals surface area contributed by atoms with Crippen molar-refractivity contribution in [1.29, 1.82) is 0 Å². The molecule has 0 saturated carbocycles. The molecule has 0 aliphatic rings. The lowest BCUT2D eigenvalue weighted by Crippen LogP contribution is -2.44. The summed E-state index contributed by atoms with van der Waals surface area (Å²) in [6.07, 6.45) is 0.354. The van der Waals surface area contributed by atoms with Crippen LogP contribution in [0.4, 0.5) is 4.39 Å². The van der Waals surface area contributed by atoms with E-state index >= 15 is 0 Å². The molecule has 0 saturated heterocycles. The van der Waals surface area contributed by atoms with Crippen LogP contribution in [0.25, 0.3) is 11.5 Å². The highest BCUT2D eigenvalue weighted by Crippen LogP contribution is 2.15. The number of esters is 2. The maximum absolute atomic E-state index is 13.0. The Morgan fingerprint density at radius 1 is 1.23 bits per heavy atom. The SMILES string of the molecule is COC(=O)C(CC(C)C)NC(=O)COC(=O)Cn1nc(-c2ccc(F)cc2)oc1=O. The van der Waals surface area contributed by atoms with Gasteiger partial charge in [0.25, 0.3) is 5.91 Å². The molecule has 11 heteroatoms. The number of methoxy groups -OCH3 is 1.